The van der Waals surface area contributed by atoms with Gasteiger partial charge in [0.25, 0.3) is 5.91 Å². The second-order valence-corrected chi connectivity index (χ2v) is 6.52. The van der Waals surface area contributed by atoms with Gasteiger partial charge < -0.3 is 20.1 Å². The van der Waals surface area contributed by atoms with Crippen molar-refractivity contribution < 1.29 is 19.1 Å². The normalized spacial score (nSPS) is 15.9. The summed E-state index contributed by atoms with van der Waals surface area (Å²) in [7, 11) is 1.59. The number of hydrogen-bond acceptors (Lipinski definition) is 4. The average Bonchev–Trinajstić information content (AvgIpc) is 2.95. The van der Waals surface area contributed by atoms with E-state index in [4.69, 9.17) is 15.2 Å². The standard InChI is InChI=1S/C18H18N2O3.C3H6O/c1-23-14-8-6-12(7-9-14)16(10-17(19)21)20-11-13-4-2-3-5-15(13)18(20)22;1-2-4-3-1/h2-9,16H,10-11H2,1H3,(H2,19,21);1-3H2. The van der Waals surface area contributed by atoms with Crippen LogP contribution in [0.4, 0.5) is 0 Å². The Kier molecular flexibility index (Phi) is 6.08. The fourth-order valence-corrected chi connectivity index (χ4v) is 3.10. The van der Waals surface area contributed by atoms with Crippen molar-refractivity contribution in [2.24, 2.45) is 5.73 Å². The summed E-state index contributed by atoms with van der Waals surface area (Å²) in [5.74, 6) is 0.222. The Bertz CT molecular complexity index is 796. The third-order valence-electron chi connectivity index (χ3n) is 4.70. The number of nitrogens with two attached hydrogens (primary N) is 1. The minimum Gasteiger partial charge on any atom is -0.497 e. The minimum absolute atomic E-state index is 0.0670. The van der Waals surface area contributed by atoms with Crippen LogP contribution in [0.5, 0.6) is 5.75 Å². The molecule has 142 valence electrons. The van der Waals surface area contributed by atoms with E-state index < -0.39 is 5.91 Å². The number of carbonyl (C=O) groups is 2. The van der Waals surface area contributed by atoms with E-state index in [0.29, 0.717) is 12.1 Å². The van der Waals surface area contributed by atoms with Crippen LogP contribution >= 0.6 is 0 Å². The Morgan fingerprint density at radius 2 is 1.81 bits per heavy atom. The summed E-state index contributed by atoms with van der Waals surface area (Å²) in [4.78, 5) is 25.9. The molecule has 2 amide bonds. The van der Waals surface area contributed by atoms with Gasteiger partial charge in [-0.3, -0.25) is 9.59 Å². The van der Waals surface area contributed by atoms with Crippen LogP contribution < -0.4 is 10.5 Å². The molecule has 4 rings (SSSR count). The first-order valence-electron chi connectivity index (χ1n) is 8.99. The largest absolute Gasteiger partial charge is 0.497 e. The summed E-state index contributed by atoms with van der Waals surface area (Å²) in [6.45, 7) is 2.49. The molecule has 1 saturated heterocycles. The van der Waals surface area contributed by atoms with Crippen LogP contribution in [0, 0.1) is 0 Å². The van der Waals surface area contributed by atoms with Crippen molar-refractivity contribution in [1.29, 1.82) is 0 Å². The number of fused-ring (bicyclic) bond motifs is 1. The molecular weight excluding hydrogens is 344 g/mol. The number of primary amides is 1. The average molecular weight is 368 g/mol. The molecule has 1 unspecified atom stereocenters. The van der Waals surface area contributed by atoms with Crippen molar-refractivity contribution in [3.05, 3.63) is 65.2 Å². The predicted molar refractivity (Wildman–Crippen MR) is 101 cm³/mol. The van der Waals surface area contributed by atoms with Gasteiger partial charge in [-0.2, -0.15) is 0 Å². The minimum atomic E-state index is -0.436. The summed E-state index contributed by atoms with van der Waals surface area (Å²) >= 11 is 0. The molecule has 0 spiro atoms. The van der Waals surface area contributed by atoms with Gasteiger partial charge in [0, 0.05) is 25.3 Å². The lowest BCUT2D eigenvalue weighted by atomic mass is 10.0. The van der Waals surface area contributed by atoms with Crippen molar-refractivity contribution in [3.8, 4) is 5.75 Å². The monoisotopic (exact) mass is 368 g/mol. The molecule has 0 bridgehead atoms. The van der Waals surface area contributed by atoms with Crippen LogP contribution in [0.1, 0.15) is 40.4 Å². The van der Waals surface area contributed by atoms with Gasteiger partial charge in [0.2, 0.25) is 5.91 Å². The number of rotatable bonds is 5. The van der Waals surface area contributed by atoms with Crippen molar-refractivity contribution in [3.63, 3.8) is 0 Å². The van der Waals surface area contributed by atoms with Gasteiger partial charge >= 0.3 is 0 Å². The highest BCUT2D eigenvalue weighted by molar-refractivity contribution is 5.98. The van der Waals surface area contributed by atoms with Gasteiger partial charge in [0.15, 0.2) is 0 Å². The highest BCUT2D eigenvalue weighted by Gasteiger charge is 2.33. The fourth-order valence-electron chi connectivity index (χ4n) is 3.10. The van der Waals surface area contributed by atoms with Gasteiger partial charge in [-0.25, -0.2) is 0 Å². The van der Waals surface area contributed by atoms with Crippen LogP contribution in [-0.4, -0.2) is 37.0 Å². The number of ether oxygens (including phenoxy) is 2. The Hall–Kier alpha value is -2.86. The highest BCUT2D eigenvalue weighted by Crippen LogP contribution is 2.33. The maximum atomic E-state index is 12.7. The van der Waals surface area contributed by atoms with Crippen LogP contribution in [0.2, 0.25) is 0 Å². The Morgan fingerprint density at radius 3 is 2.33 bits per heavy atom. The van der Waals surface area contributed by atoms with Gasteiger partial charge in [0.1, 0.15) is 5.75 Å². The first-order valence-corrected chi connectivity index (χ1v) is 8.99. The second-order valence-electron chi connectivity index (χ2n) is 6.52. The molecule has 1 fully saturated rings. The summed E-state index contributed by atoms with van der Waals surface area (Å²) in [6, 6.07) is 14.5. The van der Waals surface area contributed by atoms with Crippen LogP contribution in [0.3, 0.4) is 0 Å². The molecule has 2 heterocycles. The Labute approximate surface area is 158 Å². The van der Waals surface area contributed by atoms with Crippen LogP contribution in [-0.2, 0) is 16.1 Å². The summed E-state index contributed by atoms with van der Waals surface area (Å²) in [6.07, 6.45) is 1.37. The number of amides is 2. The predicted octanol–water partition coefficient (Wildman–Crippen LogP) is 2.67. The zero-order valence-electron chi connectivity index (χ0n) is 15.4. The van der Waals surface area contributed by atoms with Crippen LogP contribution in [0.25, 0.3) is 0 Å². The molecule has 2 aromatic rings. The number of benzene rings is 2. The topological polar surface area (TPSA) is 81.9 Å². The molecule has 2 N–H and O–H groups in total. The summed E-state index contributed by atoms with van der Waals surface area (Å²) in [5.41, 5.74) is 7.93. The molecule has 6 heteroatoms. The maximum Gasteiger partial charge on any atom is 0.255 e. The van der Waals surface area contributed by atoms with E-state index in [0.717, 1.165) is 30.1 Å². The van der Waals surface area contributed by atoms with Gasteiger partial charge in [-0.05, 0) is 35.7 Å². The van der Waals surface area contributed by atoms with Crippen molar-refractivity contribution in [2.45, 2.75) is 25.4 Å². The van der Waals surface area contributed by atoms with E-state index >= 15 is 0 Å². The molecule has 1 atom stereocenters. The summed E-state index contributed by atoms with van der Waals surface area (Å²) < 4.78 is 9.88. The SMILES string of the molecule is C1COC1.COc1ccc(C(CC(N)=O)N2Cc3ccccc3C2=O)cc1. The van der Waals surface area contributed by atoms with Crippen LogP contribution in [0.15, 0.2) is 48.5 Å². The number of carbonyl (C=O) groups excluding carboxylic acids is 2. The van der Waals surface area contributed by atoms with E-state index in [9.17, 15) is 9.59 Å². The second kappa shape index (κ2) is 8.68. The van der Waals surface area contributed by atoms with Crippen molar-refractivity contribution in [2.75, 3.05) is 20.3 Å². The van der Waals surface area contributed by atoms with E-state index in [1.54, 1.807) is 12.0 Å². The molecule has 0 saturated carbocycles. The first-order chi connectivity index (χ1) is 13.1. The first kappa shape index (κ1) is 18.9. The number of hydrogen-bond donors (Lipinski definition) is 1. The molecule has 2 aliphatic heterocycles. The molecule has 2 aliphatic rings. The van der Waals surface area contributed by atoms with Gasteiger partial charge in [-0.1, -0.05) is 30.3 Å². The van der Waals surface area contributed by atoms with E-state index in [1.165, 1.54) is 6.42 Å². The lowest BCUT2D eigenvalue weighted by Crippen LogP contribution is -2.32. The lowest BCUT2D eigenvalue weighted by molar-refractivity contribution is -0.119. The van der Waals surface area contributed by atoms with E-state index in [2.05, 4.69) is 0 Å². The number of methoxy groups -OCH3 is 1. The van der Waals surface area contributed by atoms with Gasteiger partial charge in [0.05, 0.1) is 19.6 Å². The molecule has 2 aromatic carbocycles. The van der Waals surface area contributed by atoms with Crippen molar-refractivity contribution >= 4 is 11.8 Å². The maximum absolute atomic E-state index is 12.7. The Morgan fingerprint density at radius 1 is 1.19 bits per heavy atom. The molecule has 6 nitrogen and oxygen atoms in total. The Balaban J connectivity index is 0.000000466. The van der Waals surface area contributed by atoms with Gasteiger partial charge in [-0.15, -0.1) is 0 Å². The highest BCUT2D eigenvalue weighted by atomic mass is 16.5. The zero-order valence-corrected chi connectivity index (χ0v) is 15.4. The van der Waals surface area contributed by atoms with E-state index in [1.807, 2.05) is 48.5 Å². The zero-order chi connectivity index (χ0) is 19.2. The van der Waals surface area contributed by atoms with Crippen molar-refractivity contribution in [1.82, 2.24) is 4.90 Å². The molecular formula is C21H24N2O4. The lowest BCUT2D eigenvalue weighted by Gasteiger charge is -2.27. The third-order valence-corrected chi connectivity index (χ3v) is 4.70. The molecule has 27 heavy (non-hydrogen) atoms. The third kappa shape index (κ3) is 4.46. The molecule has 0 radical (unpaired) electrons. The fraction of sp³-hybridized carbons (Fsp3) is 0.333. The van der Waals surface area contributed by atoms with E-state index in [-0.39, 0.29) is 18.4 Å². The molecule has 0 aromatic heterocycles. The molecule has 0 aliphatic carbocycles. The smallest absolute Gasteiger partial charge is 0.255 e. The number of nitrogens with zero attached hydrogens (tertiary/aromatic N) is 1. The summed E-state index contributed by atoms with van der Waals surface area (Å²) in [5, 5.41) is 0. The quantitative estimate of drug-likeness (QED) is 0.880.